The van der Waals surface area contributed by atoms with E-state index in [1.807, 2.05) is 0 Å². The normalized spacial score (nSPS) is 12.2. The molecule has 15 aromatic carbocycles. The van der Waals surface area contributed by atoms with E-state index in [-0.39, 0.29) is 10.8 Å². The maximum atomic E-state index is 2.67. The summed E-state index contributed by atoms with van der Waals surface area (Å²) in [6, 6.07) is 114. The van der Waals surface area contributed by atoms with Crippen LogP contribution in [0.1, 0.15) is 52.7 Å². The van der Waals surface area contributed by atoms with Crippen LogP contribution >= 0.6 is 0 Å². The minimum atomic E-state index is -0.329. The minimum absolute atomic E-state index is 0.329. The standard InChI is InChI=1S/C90H68N2/c1-89(2,3)83-71-53-75-78(92(85(61-41-21-11-22-42-61)81(75)59-37-17-9-18-38-59)88-69-51-31-27-47-65(69)80(58-35-15-8-16-36-58)66-48-28-32-52-70(66)88)56-74(71)84(90(4,5)6)72-54-76-77(55-73(72)83)91(86(62-43-23-12-24-44-62)82(76)60-39-19-10-20-40-60)87-67-49-29-25-45-63(67)79(57-33-13-7-14-34-57)64-46-26-30-50-68(64)87/h7-56H,1-6H3. The number of rotatable bonds is 8. The average molecular weight is 1180 g/mol. The van der Waals surface area contributed by atoms with Gasteiger partial charge in [-0.05, 0) is 134 Å². The topological polar surface area (TPSA) is 9.86 Å². The molecule has 17 rings (SSSR count). The Bertz CT molecular complexity index is 5290. The largest absolute Gasteiger partial charge is 0.307 e. The molecule has 2 aromatic heterocycles. The van der Waals surface area contributed by atoms with E-state index in [1.54, 1.807) is 0 Å². The second kappa shape index (κ2) is 21.3. The molecule has 438 valence electrons. The summed E-state index contributed by atoms with van der Waals surface area (Å²) in [6.07, 6.45) is 0. The van der Waals surface area contributed by atoms with Crippen LogP contribution in [0, 0.1) is 0 Å². The van der Waals surface area contributed by atoms with E-state index in [1.165, 1.54) is 165 Å². The van der Waals surface area contributed by atoms with Gasteiger partial charge < -0.3 is 9.13 Å². The molecule has 0 radical (unpaired) electrons. The number of hydrogen-bond acceptors (Lipinski definition) is 0. The lowest BCUT2D eigenvalue weighted by atomic mass is 9.73. The Morgan fingerprint density at radius 1 is 0.196 bits per heavy atom. The molecule has 0 aliphatic heterocycles. The lowest BCUT2D eigenvalue weighted by Crippen LogP contribution is -2.18. The third-order valence-corrected chi connectivity index (χ3v) is 19.4. The van der Waals surface area contributed by atoms with E-state index in [0.717, 1.165) is 11.1 Å². The maximum Gasteiger partial charge on any atom is 0.0619 e. The summed E-state index contributed by atoms with van der Waals surface area (Å²) >= 11 is 0. The molecule has 0 aliphatic carbocycles. The highest BCUT2D eigenvalue weighted by molar-refractivity contribution is 6.25. The van der Waals surface area contributed by atoms with Gasteiger partial charge in [0.05, 0.1) is 33.8 Å². The van der Waals surface area contributed by atoms with Crippen LogP contribution < -0.4 is 0 Å². The summed E-state index contributed by atoms with van der Waals surface area (Å²) in [6.45, 7) is 14.6. The first-order valence-electron chi connectivity index (χ1n) is 32.4. The van der Waals surface area contributed by atoms with Crippen molar-refractivity contribution in [2.24, 2.45) is 0 Å². The summed E-state index contributed by atoms with van der Waals surface area (Å²) < 4.78 is 5.33. The smallest absolute Gasteiger partial charge is 0.0619 e. The molecule has 2 heteroatoms. The summed E-state index contributed by atoms with van der Waals surface area (Å²) in [4.78, 5) is 0. The predicted molar refractivity (Wildman–Crippen MR) is 395 cm³/mol. The van der Waals surface area contributed by atoms with Gasteiger partial charge in [0.1, 0.15) is 0 Å². The predicted octanol–water partition coefficient (Wildman–Crippen LogP) is 25.1. The van der Waals surface area contributed by atoms with Gasteiger partial charge in [0.25, 0.3) is 0 Å². The maximum absolute atomic E-state index is 2.67. The van der Waals surface area contributed by atoms with Crippen LogP contribution in [0.25, 0.3) is 165 Å². The van der Waals surface area contributed by atoms with Crippen molar-refractivity contribution in [2.75, 3.05) is 0 Å². The Kier molecular flexibility index (Phi) is 12.7. The van der Waals surface area contributed by atoms with Gasteiger partial charge >= 0.3 is 0 Å². The Morgan fingerprint density at radius 3 is 0.674 bits per heavy atom. The molecule has 0 spiro atoms. The molecular formula is C90H68N2. The first-order chi connectivity index (χ1) is 45.0. The zero-order valence-corrected chi connectivity index (χ0v) is 52.8. The van der Waals surface area contributed by atoms with Crippen molar-refractivity contribution in [2.45, 2.75) is 52.4 Å². The van der Waals surface area contributed by atoms with Crippen LogP contribution in [0.15, 0.2) is 303 Å². The minimum Gasteiger partial charge on any atom is -0.307 e. The zero-order chi connectivity index (χ0) is 62.0. The number of fused-ring (bicyclic) bond motifs is 8. The fourth-order valence-corrected chi connectivity index (χ4v) is 15.9. The molecule has 2 nitrogen and oxygen atoms in total. The first-order valence-corrected chi connectivity index (χ1v) is 32.4. The molecule has 0 atom stereocenters. The molecule has 0 saturated heterocycles. The van der Waals surface area contributed by atoms with Crippen LogP contribution in [0.4, 0.5) is 0 Å². The van der Waals surface area contributed by atoms with Crippen LogP contribution in [0.3, 0.4) is 0 Å². The number of nitrogens with zero attached hydrogens (tertiary/aromatic N) is 2. The summed E-state index contributed by atoms with van der Waals surface area (Å²) in [5, 5.41) is 17.2. The van der Waals surface area contributed by atoms with Crippen molar-refractivity contribution in [1.29, 1.82) is 0 Å². The van der Waals surface area contributed by atoms with E-state index in [9.17, 15) is 0 Å². The molecule has 2 heterocycles. The van der Waals surface area contributed by atoms with Crippen molar-refractivity contribution >= 4 is 86.4 Å². The lowest BCUT2D eigenvalue weighted by molar-refractivity contribution is 0.593. The van der Waals surface area contributed by atoms with Gasteiger partial charge in [0.15, 0.2) is 0 Å². The molecule has 0 fully saturated rings. The summed E-state index contributed by atoms with van der Waals surface area (Å²) in [5.41, 5.74) is 21.1. The van der Waals surface area contributed by atoms with Gasteiger partial charge in [-0.1, -0.05) is 321 Å². The fourth-order valence-electron chi connectivity index (χ4n) is 15.9. The lowest BCUT2D eigenvalue weighted by Gasteiger charge is -2.31. The molecule has 17 aromatic rings. The zero-order valence-electron chi connectivity index (χ0n) is 52.8. The van der Waals surface area contributed by atoms with Gasteiger partial charge in [-0.3, -0.25) is 0 Å². The van der Waals surface area contributed by atoms with Crippen molar-refractivity contribution in [3.8, 4) is 78.4 Å². The van der Waals surface area contributed by atoms with Crippen LogP contribution in [-0.4, -0.2) is 9.13 Å². The summed E-state index contributed by atoms with van der Waals surface area (Å²) in [5.74, 6) is 0. The Hall–Kier alpha value is -11.1. The first kappa shape index (κ1) is 55.0. The van der Waals surface area contributed by atoms with Crippen molar-refractivity contribution in [3.05, 3.63) is 314 Å². The quantitative estimate of drug-likeness (QED) is 0.134. The van der Waals surface area contributed by atoms with Gasteiger partial charge in [0, 0.05) is 43.4 Å². The van der Waals surface area contributed by atoms with Crippen molar-refractivity contribution in [3.63, 3.8) is 0 Å². The van der Waals surface area contributed by atoms with Crippen LogP contribution in [-0.2, 0) is 10.8 Å². The highest BCUT2D eigenvalue weighted by Crippen LogP contribution is 2.55. The fraction of sp³-hybridized carbons (Fsp3) is 0.0889. The van der Waals surface area contributed by atoms with Gasteiger partial charge in [0.2, 0.25) is 0 Å². The van der Waals surface area contributed by atoms with E-state index < -0.39 is 0 Å². The molecule has 0 amide bonds. The van der Waals surface area contributed by atoms with E-state index in [0.29, 0.717) is 0 Å². The van der Waals surface area contributed by atoms with E-state index in [2.05, 4.69) is 354 Å². The molecule has 0 aliphatic rings. The highest BCUT2D eigenvalue weighted by atomic mass is 15.0. The molecule has 92 heavy (non-hydrogen) atoms. The second-order valence-corrected chi connectivity index (χ2v) is 27.0. The number of hydrogen-bond donors (Lipinski definition) is 0. The molecule has 0 saturated carbocycles. The van der Waals surface area contributed by atoms with E-state index in [4.69, 9.17) is 0 Å². The molecule has 0 unspecified atom stereocenters. The van der Waals surface area contributed by atoms with Crippen molar-refractivity contribution in [1.82, 2.24) is 9.13 Å². The van der Waals surface area contributed by atoms with Crippen LogP contribution in [0.2, 0.25) is 0 Å². The number of benzene rings is 15. The van der Waals surface area contributed by atoms with Crippen LogP contribution in [0.5, 0.6) is 0 Å². The third-order valence-electron chi connectivity index (χ3n) is 19.4. The second-order valence-electron chi connectivity index (χ2n) is 27.0. The van der Waals surface area contributed by atoms with Gasteiger partial charge in [-0.15, -0.1) is 0 Å². The van der Waals surface area contributed by atoms with E-state index >= 15 is 0 Å². The monoisotopic (exact) mass is 1180 g/mol. The molecule has 0 bridgehead atoms. The SMILES string of the molecule is CC(C)(C)c1c2cc3c(-c4ccccc4)c(-c4ccccc4)n(-c4c5ccccc5c(-c5ccccc5)c5ccccc45)c3cc2c(C(C)(C)C)c2cc3c(-c4ccccc4)c(-c4ccccc4)n(-c4c5ccccc5c(-c5ccccc5)c5ccccc45)c3cc12. The van der Waals surface area contributed by atoms with Gasteiger partial charge in [-0.2, -0.15) is 0 Å². The summed E-state index contributed by atoms with van der Waals surface area (Å²) in [7, 11) is 0. The average Bonchev–Trinajstić information content (AvgIpc) is 1.46. The Balaban J connectivity index is 1.10. The van der Waals surface area contributed by atoms with Gasteiger partial charge in [-0.25, -0.2) is 0 Å². The Labute approximate surface area is 537 Å². The Morgan fingerprint density at radius 2 is 0.413 bits per heavy atom. The molecule has 0 N–H and O–H groups in total. The molecular weight excluding hydrogens is 1110 g/mol. The number of aromatic nitrogens is 2. The third kappa shape index (κ3) is 8.54. The van der Waals surface area contributed by atoms with Crippen molar-refractivity contribution < 1.29 is 0 Å². The highest BCUT2D eigenvalue weighted by Gasteiger charge is 2.34.